The van der Waals surface area contributed by atoms with Crippen molar-refractivity contribution in [2.45, 2.75) is 12.5 Å². The minimum absolute atomic E-state index is 0.254. The number of pyridine rings is 1. The zero-order valence-electron chi connectivity index (χ0n) is 8.23. The summed E-state index contributed by atoms with van der Waals surface area (Å²) in [5, 5.41) is 3.89. The summed E-state index contributed by atoms with van der Waals surface area (Å²) in [7, 11) is 0. The second-order valence-electron chi connectivity index (χ2n) is 3.26. The molecule has 0 fully saturated rings. The lowest BCUT2D eigenvalue weighted by Crippen LogP contribution is -2.15. The van der Waals surface area contributed by atoms with Gasteiger partial charge in [0.25, 0.3) is 0 Å². The molecular formula is C10H9Cl2N3S. The second kappa shape index (κ2) is 5.10. The zero-order chi connectivity index (χ0) is 11.5. The number of aromatic nitrogens is 2. The number of rotatable bonds is 3. The molecule has 0 aliphatic carbocycles. The van der Waals surface area contributed by atoms with E-state index in [1.54, 1.807) is 29.8 Å². The molecule has 1 unspecified atom stereocenters. The first-order chi connectivity index (χ1) is 7.66. The normalized spacial score (nSPS) is 12.7. The maximum atomic E-state index is 6.02. The van der Waals surface area contributed by atoms with Crippen molar-refractivity contribution >= 4 is 34.5 Å². The van der Waals surface area contributed by atoms with E-state index in [9.17, 15) is 0 Å². The van der Waals surface area contributed by atoms with Crippen molar-refractivity contribution in [3.05, 3.63) is 44.6 Å². The number of thiazole rings is 1. The van der Waals surface area contributed by atoms with Crippen LogP contribution in [0.2, 0.25) is 10.0 Å². The summed E-state index contributed by atoms with van der Waals surface area (Å²) in [5.74, 6) is 0. The highest BCUT2D eigenvalue weighted by Crippen LogP contribution is 2.25. The number of halogens is 2. The molecule has 0 radical (unpaired) electrons. The van der Waals surface area contributed by atoms with Crippen molar-refractivity contribution in [3.63, 3.8) is 0 Å². The van der Waals surface area contributed by atoms with Gasteiger partial charge in [0.1, 0.15) is 0 Å². The van der Waals surface area contributed by atoms with Crippen molar-refractivity contribution in [1.82, 2.24) is 9.97 Å². The first kappa shape index (κ1) is 11.8. The number of nitrogens with zero attached hydrogens (tertiary/aromatic N) is 2. The molecule has 0 saturated heterocycles. The third-order valence-electron chi connectivity index (χ3n) is 2.07. The summed E-state index contributed by atoms with van der Waals surface area (Å²) in [6, 6.07) is 1.39. The Hall–Kier alpha value is -0.680. The molecule has 0 spiro atoms. The molecule has 2 aromatic heterocycles. The average Bonchev–Trinajstić information content (AvgIpc) is 2.70. The third kappa shape index (κ3) is 2.71. The number of hydrogen-bond donors (Lipinski definition) is 1. The van der Waals surface area contributed by atoms with Crippen LogP contribution in [0.1, 0.15) is 16.7 Å². The fourth-order valence-corrected chi connectivity index (χ4v) is 2.53. The van der Waals surface area contributed by atoms with Crippen LogP contribution >= 0.6 is 34.5 Å². The van der Waals surface area contributed by atoms with Crippen LogP contribution in [0.4, 0.5) is 0 Å². The predicted molar refractivity (Wildman–Crippen MR) is 67.0 cm³/mol. The Morgan fingerprint density at radius 2 is 2.19 bits per heavy atom. The van der Waals surface area contributed by atoms with Crippen LogP contribution in [0.5, 0.6) is 0 Å². The topological polar surface area (TPSA) is 51.8 Å². The van der Waals surface area contributed by atoms with Gasteiger partial charge in [-0.1, -0.05) is 23.2 Å². The number of nitrogens with two attached hydrogens (primary N) is 1. The molecular weight excluding hydrogens is 265 g/mol. The molecule has 2 aromatic rings. The molecule has 0 saturated carbocycles. The molecule has 3 nitrogen and oxygen atoms in total. The van der Waals surface area contributed by atoms with Gasteiger partial charge in [0.15, 0.2) is 0 Å². The SMILES string of the molecule is NC(Cc1nccs1)c1ncc(Cl)cc1Cl. The lowest BCUT2D eigenvalue weighted by Gasteiger charge is -2.10. The molecule has 0 aromatic carbocycles. The van der Waals surface area contributed by atoms with Crippen molar-refractivity contribution in [3.8, 4) is 0 Å². The first-order valence-corrected chi connectivity index (χ1v) is 6.25. The van der Waals surface area contributed by atoms with Gasteiger partial charge in [0.2, 0.25) is 0 Å². The Morgan fingerprint density at radius 1 is 1.38 bits per heavy atom. The Bertz CT molecular complexity index is 473. The van der Waals surface area contributed by atoms with Gasteiger partial charge in [-0.05, 0) is 6.07 Å². The summed E-state index contributed by atoms with van der Waals surface area (Å²) in [6.45, 7) is 0. The van der Waals surface area contributed by atoms with Gasteiger partial charge in [0.05, 0.1) is 26.8 Å². The van der Waals surface area contributed by atoms with E-state index in [4.69, 9.17) is 28.9 Å². The van der Waals surface area contributed by atoms with Crippen LogP contribution in [0.15, 0.2) is 23.8 Å². The fraction of sp³-hybridized carbons (Fsp3) is 0.200. The Kier molecular flexibility index (Phi) is 3.76. The maximum Gasteiger partial charge on any atom is 0.0944 e. The summed E-state index contributed by atoms with van der Waals surface area (Å²) in [4.78, 5) is 8.32. The van der Waals surface area contributed by atoms with E-state index in [0.29, 0.717) is 22.2 Å². The molecule has 0 bridgehead atoms. The van der Waals surface area contributed by atoms with Gasteiger partial charge >= 0.3 is 0 Å². The summed E-state index contributed by atoms with van der Waals surface area (Å²) in [5.41, 5.74) is 6.67. The van der Waals surface area contributed by atoms with E-state index in [1.807, 2.05) is 5.38 Å². The van der Waals surface area contributed by atoms with Crippen LogP contribution in [-0.4, -0.2) is 9.97 Å². The Balaban J connectivity index is 2.17. The minimum Gasteiger partial charge on any atom is -0.322 e. The molecule has 0 aliphatic rings. The lowest BCUT2D eigenvalue weighted by atomic mass is 10.1. The van der Waals surface area contributed by atoms with Crippen molar-refractivity contribution in [2.75, 3.05) is 0 Å². The highest BCUT2D eigenvalue weighted by molar-refractivity contribution is 7.09. The molecule has 2 N–H and O–H groups in total. The van der Waals surface area contributed by atoms with Crippen molar-refractivity contribution < 1.29 is 0 Å². The zero-order valence-corrected chi connectivity index (χ0v) is 10.6. The van der Waals surface area contributed by atoms with Crippen LogP contribution in [0.3, 0.4) is 0 Å². The van der Waals surface area contributed by atoms with E-state index in [-0.39, 0.29) is 6.04 Å². The van der Waals surface area contributed by atoms with Gasteiger partial charge in [-0.3, -0.25) is 4.98 Å². The Labute approximate surface area is 107 Å². The Morgan fingerprint density at radius 3 is 2.81 bits per heavy atom. The van der Waals surface area contributed by atoms with Gasteiger partial charge in [-0.2, -0.15) is 0 Å². The molecule has 2 rings (SSSR count). The second-order valence-corrected chi connectivity index (χ2v) is 5.08. The van der Waals surface area contributed by atoms with Gasteiger partial charge < -0.3 is 5.73 Å². The van der Waals surface area contributed by atoms with Crippen LogP contribution in [0.25, 0.3) is 0 Å². The third-order valence-corrected chi connectivity index (χ3v) is 3.38. The van der Waals surface area contributed by atoms with Crippen LogP contribution in [-0.2, 0) is 6.42 Å². The van der Waals surface area contributed by atoms with E-state index in [1.165, 1.54) is 0 Å². The first-order valence-electron chi connectivity index (χ1n) is 4.61. The maximum absolute atomic E-state index is 6.02. The van der Waals surface area contributed by atoms with E-state index in [2.05, 4.69) is 9.97 Å². The van der Waals surface area contributed by atoms with E-state index < -0.39 is 0 Å². The molecule has 0 aliphatic heterocycles. The standard InChI is InChI=1S/C10H9Cl2N3S/c11-6-3-7(12)10(15-5-6)8(13)4-9-14-1-2-16-9/h1-3,5,8H,4,13H2. The molecule has 2 heterocycles. The highest BCUT2D eigenvalue weighted by atomic mass is 35.5. The predicted octanol–water partition coefficient (Wildman–Crippen LogP) is 3.09. The summed E-state index contributed by atoms with van der Waals surface area (Å²) < 4.78 is 0. The monoisotopic (exact) mass is 273 g/mol. The van der Waals surface area contributed by atoms with Crippen LogP contribution < -0.4 is 5.73 Å². The van der Waals surface area contributed by atoms with E-state index >= 15 is 0 Å². The smallest absolute Gasteiger partial charge is 0.0944 e. The molecule has 1 atom stereocenters. The van der Waals surface area contributed by atoms with E-state index in [0.717, 1.165) is 5.01 Å². The molecule has 0 amide bonds. The minimum atomic E-state index is -0.254. The van der Waals surface area contributed by atoms with Crippen molar-refractivity contribution in [2.24, 2.45) is 5.73 Å². The average molecular weight is 274 g/mol. The molecule has 84 valence electrons. The highest BCUT2D eigenvalue weighted by Gasteiger charge is 2.14. The lowest BCUT2D eigenvalue weighted by molar-refractivity contribution is 0.693. The number of hydrogen-bond acceptors (Lipinski definition) is 4. The largest absolute Gasteiger partial charge is 0.322 e. The molecule has 16 heavy (non-hydrogen) atoms. The van der Waals surface area contributed by atoms with Gasteiger partial charge in [0, 0.05) is 24.2 Å². The van der Waals surface area contributed by atoms with Crippen LogP contribution in [0, 0.1) is 0 Å². The quantitative estimate of drug-likeness (QED) is 0.935. The fourth-order valence-electron chi connectivity index (χ4n) is 1.34. The van der Waals surface area contributed by atoms with Gasteiger partial charge in [-0.15, -0.1) is 11.3 Å². The van der Waals surface area contributed by atoms with Gasteiger partial charge in [-0.25, -0.2) is 4.98 Å². The summed E-state index contributed by atoms with van der Waals surface area (Å²) >= 11 is 13.4. The molecule has 6 heteroatoms. The van der Waals surface area contributed by atoms with Crippen molar-refractivity contribution in [1.29, 1.82) is 0 Å². The summed E-state index contributed by atoms with van der Waals surface area (Å²) in [6.07, 6.45) is 3.93.